The lowest BCUT2D eigenvalue weighted by molar-refractivity contribution is -0.0510. The van der Waals surface area contributed by atoms with Gasteiger partial charge in [-0.25, -0.2) is 0 Å². The molecule has 0 bridgehead atoms. The van der Waals surface area contributed by atoms with Crippen LogP contribution in [0.4, 0.5) is 18.0 Å². The topological polar surface area (TPSA) is 80.7 Å². The highest BCUT2D eigenvalue weighted by atomic mass is 35.5. The quantitative estimate of drug-likeness (QED) is 0.266. The van der Waals surface area contributed by atoms with E-state index in [0.29, 0.717) is 21.4 Å². The van der Waals surface area contributed by atoms with Crippen LogP contribution in [0.3, 0.4) is 0 Å². The van der Waals surface area contributed by atoms with Gasteiger partial charge < -0.3 is 4.74 Å². The van der Waals surface area contributed by atoms with Crippen LogP contribution in [-0.2, 0) is 14.9 Å². The number of carbonyl (C=O) groups excluding carboxylic acids is 1. The van der Waals surface area contributed by atoms with E-state index in [1.807, 2.05) is 0 Å². The third-order valence-electron chi connectivity index (χ3n) is 1.94. The lowest BCUT2D eigenvalue weighted by Gasteiger charge is -2.00. The standard InChI is InChI=1S/2C4H5ClOS2.CHF3O3S/c5-1-3-2-7-4(6)8-3;5-1-3-2-8-4(7)6-3;2-1(3,4)8(5,6)7/h2*3H,1-2H2;(H,5,6,7). The third-order valence-corrected chi connectivity index (χ3v) is 7.26. The Kier molecular flexibility index (Phi) is 12.0. The predicted octanol–water partition coefficient (Wildman–Crippen LogP) is 4.23. The number of rotatable bonds is 2. The minimum atomic E-state index is -5.84. The molecule has 1 N–H and O–H groups in total. The van der Waals surface area contributed by atoms with Gasteiger partial charge in [-0.05, 0) is 12.2 Å². The number of hydrogen-bond donors (Lipinski definition) is 1. The number of ether oxygens (including phenoxy) is 1. The van der Waals surface area contributed by atoms with Gasteiger partial charge in [0.2, 0.25) is 8.83 Å². The summed E-state index contributed by atoms with van der Waals surface area (Å²) in [5.41, 5.74) is -5.53. The van der Waals surface area contributed by atoms with E-state index in [0.717, 1.165) is 11.5 Å². The van der Waals surface area contributed by atoms with E-state index in [1.54, 1.807) is 11.8 Å². The summed E-state index contributed by atoms with van der Waals surface area (Å²) in [4.78, 5) is 10.5. The van der Waals surface area contributed by atoms with E-state index in [9.17, 15) is 18.0 Å². The minimum absolute atomic E-state index is 0.161. The Morgan fingerprint density at radius 1 is 1.25 bits per heavy atom. The average molecular weight is 487 g/mol. The highest BCUT2D eigenvalue weighted by Crippen LogP contribution is 2.32. The monoisotopic (exact) mass is 486 g/mol. The first kappa shape index (κ1) is 24.9. The van der Waals surface area contributed by atoms with Crippen molar-refractivity contribution in [2.24, 2.45) is 0 Å². The second-order valence-corrected chi connectivity index (χ2v) is 10.0. The lowest BCUT2D eigenvalue weighted by atomic mass is 10.5. The molecule has 2 atom stereocenters. The van der Waals surface area contributed by atoms with Gasteiger partial charge >= 0.3 is 15.6 Å². The molecule has 2 heterocycles. The number of carbonyl (C=O) groups is 1. The van der Waals surface area contributed by atoms with E-state index < -0.39 is 15.6 Å². The first-order chi connectivity index (χ1) is 10.9. The zero-order valence-corrected chi connectivity index (χ0v) is 17.1. The molecule has 15 heteroatoms. The highest BCUT2D eigenvalue weighted by molar-refractivity contribution is 8.41. The molecule has 2 fully saturated rings. The minimum Gasteiger partial charge on any atom is -0.473 e. The molecule has 0 saturated carbocycles. The van der Waals surface area contributed by atoms with Crippen LogP contribution in [0.15, 0.2) is 0 Å². The van der Waals surface area contributed by atoms with Crippen LogP contribution in [0.25, 0.3) is 0 Å². The van der Waals surface area contributed by atoms with Gasteiger partial charge in [0.05, 0.1) is 5.88 Å². The second-order valence-electron chi connectivity index (χ2n) is 3.83. The lowest BCUT2D eigenvalue weighted by Crippen LogP contribution is -2.21. The van der Waals surface area contributed by atoms with Crippen molar-refractivity contribution in [3.8, 4) is 0 Å². The average Bonchev–Trinajstić information content (AvgIpc) is 3.06. The summed E-state index contributed by atoms with van der Waals surface area (Å²) in [5.74, 6) is 2.96. The van der Waals surface area contributed by atoms with E-state index in [-0.39, 0.29) is 10.6 Å². The Balaban J connectivity index is 0.000000331. The van der Waals surface area contributed by atoms with Crippen molar-refractivity contribution in [2.75, 3.05) is 23.3 Å². The zero-order chi connectivity index (χ0) is 19.0. The number of thiocarbonyl (C=S) groups is 1. The first-order valence-corrected chi connectivity index (χ1v) is 11.5. The summed E-state index contributed by atoms with van der Waals surface area (Å²) in [6.07, 6.45) is 0.161. The normalized spacial score (nSPS) is 23.8. The molecule has 0 aromatic heterocycles. The Bertz CT molecular complexity index is 504. The van der Waals surface area contributed by atoms with Gasteiger partial charge in [-0.1, -0.05) is 35.3 Å². The molecule has 0 aromatic rings. The van der Waals surface area contributed by atoms with Gasteiger partial charge in [0.1, 0.15) is 6.10 Å². The molecule has 5 nitrogen and oxygen atoms in total. The molecule has 0 spiro atoms. The Labute approximate surface area is 164 Å². The summed E-state index contributed by atoms with van der Waals surface area (Å²) in [5, 5.41) is 0.370. The van der Waals surface area contributed by atoms with Crippen LogP contribution in [0.2, 0.25) is 0 Å². The molecule has 2 saturated heterocycles. The summed E-state index contributed by atoms with van der Waals surface area (Å²) in [6, 6.07) is 0. The van der Waals surface area contributed by atoms with Gasteiger partial charge in [-0.2, -0.15) is 21.6 Å². The fraction of sp³-hybridized carbons (Fsp3) is 0.778. The van der Waals surface area contributed by atoms with Crippen molar-refractivity contribution in [2.45, 2.75) is 16.9 Å². The van der Waals surface area contributed by atoms with Crippen molar-refractivity contribution in [3.63, 3.8) is 0 Å². The summed E-state index contributed by atoms with van der Waals surface area (Å²) >= 11 is 20.0. The van der Waals surface area contributed by atoms with Crippen molar-refractivity contribution in [1.29, 1.82) is 0 Å². The molecule has 0 aromatic carbocycles. The van der Waals surface area contributed by atoms with Gasteiger partial charge in [0.15, 0.2) is 0 Å². The summed E-state index contributed by atoms with van der Waals surface area (Å²) in [7, 11) is -5.84. The Hall–Kier alpha value is 0.890. The van der Waals surface area contributed by atoms with Crippen LogP contribution >= 0.6 is 70.7 Å². The van der Waals surface area contributed by atoms with E-state index in [2.05, 4.69) is 0 Å². The molecule has 0 amide bonds. The first-order valence-electron chi connectivity index (χ1n) is 5.73. The third kappa shape index (κ3) is 10.8. The maximum atomic E-state index is 10.7. The molecule has 24 heavy (non-hydrogen) atoms. The molecule has 0 radical (unpaired) electrons. The van der Waals surface area contributed by atoms with E-state index >= 15 is 0 Å². The maximum absolute atomic E-state index is 10.7. The molecule has 2 aliphatic rings. The van der Waals surface area contributed by atoms with Gasteiger partial charge in [-0.15, -0.1) is 23.2 Å². The van der Waals surface area contributed by atoms with Crippen molar-refractivity contribution >= 4 is 89.7 Å². The molecule has 2 rings (SSSR count). The Morgan fingerprint density at radius 2 is 1.79 bits per heavy atom. The van der Waals surface area contributed by atoms with E-state index in [4.69, 9.17) is 53.1 Å². The number of alkyl halides is 5. The largest absolute Gasteiger partial charge is 0.522 e. The highest BCUT2D eigenvalue weighted by Gasteiger charge is 2.44. The van der Waals surface area contributed by atoms with Crippen molar-refractivity contribution < 1.29 is 35.7 Å². The van der Waals surface area contributed by atoms with Crippen LogP contribution in [0, 0.1) is 0 Å². The van der Waals surface area contributed by atoms with E-state index in [1.165, 1.54) is 23.5 Å². The maximum Gasteiger partial charge on any atom is 0.522 e. The number of halogens is 5. The van der Waals surface area contributed by atoms with Crippen molar-refractivity contribution in [3.05, 3.63) is 0 Å². The second kappa shape index (κ2) is 11.6. The zero-order valence-electron chi connectivity index (χ0n) is 11.5. The summed E-state index contributed by atoms with van der Waals surface area (Å²) in [6.45, 7) is 0. The van der Waals surface area contributed by atoms with Crippen LogP contribution in [-0.4, -0.2) is 61.9 Å². The Morgan fingerprint density at radius 3 is 1.96 bits per heavy atom. The molecular weight excluding hydrogens is 476 g/mol. The molecule has 2 unspecified atom stereocenters. The van der Waals surface area contributed by atoms with Crippen LogP contribution < -0.4 is 0 Å². The molecule has 0 aliphatic carbocycles. The SMILES string of the molecule is O=C1SCC(CCl)S1.O=S(=O)(O)C(F)(F)F.S=C1OC(CCl)CS1. The fourth-order valence-corrected chi connectivity index (χ4v) is 4.80. The van der Waals surface area contributed by atoms with Gasteiger partial charge in [-0.3, -0.25) is 9.35 Å². The smallest absolute Gasteiger partial charge is 0.473 e. The van der Waals surface area contributed by atoms with Crippen LogP contribution in [0.5, 0.6) is 0 Å². The molecule has 142 valence electrons. The number of hydrogen-bond acceptors (Lipinski definition) is 8. The van der Waals surface area contributed by atoms with Gasteiger partial charge in [0, 0.05) is 22.6 Å². The van der Waals surface area contributed by atoms with Crippen LogP contribution in [0.1, 0.15) is 0 Å². The predicted molar refractivity (Wildman–Crippen MR) is 98.2 cm³/mol. The molecular formula is C9H11Cl2F3O5S5. The van der Waals surface area contributed by atoms with Gasteiger partial charge in [0.25, 0.3) is 0 Å². The summed E-state index contributed by atoms with van der Waals surface area (Å²) < 4.78 is 63.5. The van der Waals surface area contributed by atoms with Crippen molar-refractivity contribution in [1.82, 2.24) is 0 Å². The molecule has 2 aliphatic heterocycles. The number of thioether (sulfide) groups is 3. The fourth-order valence-electron chi connectivity index (χ4n) is 0.882.